The third-order valence-corrected chi connectivity index (χ3v) is 5.89. The molecule has 2 fully saturated rings. The molecule has 2 aromatic rings. The monoisotopic (exact) mass is 316 g/mol. The molecule has 2 aliphatic rings. The summed E-state index contributed by atoms with van der Waals surface area (Å²) in [6.07, 6.45) is 5.00. The van der Waals surface area contributed by atoms with Crippen molar-refractivity contribution in [1.29, 1.82) is 0 Å². The van der Waals surface area contributed by atoms with Crippen molar-refractivity contribution in [3.05, 3.63) is 48.2 Å². The number of hydrogen-bond donors (Lipinski definition) is 0. The lowest BCUT2D eigenvalue weighted by molar-refractivity contribution is 0.0853. The van der Waals surface area contributed by atoms with E-state index < -0.39 is 0 Å². The van der Waals surface area contributed by atoms with Gasteiger partial charge in [0.2, 0.25) is 0 Å². The van der Waals surface area contributed by atoms with Gasteiger partial charge >= 0.3 is 0 Å². The first-order valence-electron chi connectivity index (χ1n) is 7.69. The molecule has 5 heteroatoms. The molecule has 2 aliphatic heterocycles. The van der Waals surface area contributed by atoms with Gasteiger partial charge in [0, 0.05) is 36.2 Å². The van der Waals surface area contributed by atoms with Gasteiger partial charge in [-0.2, -0.15) is 0 Å². The van der Waals surface area contributed by atoms with E-state index in [9.17, 15) is 0 Å². The number of aryl methyl sites for hydroxylation is 1. The second-order valence-electron chi connectivity index (χ2n) is 6.28. The van der Waals surface area contributed by atoms with Crippen LogP contribution in [0.25, 0.3) is 0 Å². The first-order chi connectivity index (χ1) is 10.7. The van der Waals surface area contributed by atoms with Crippen LogP contribution in [0.2, 0.25) is 0 Å². The molecule has 0 N–H and O–H groups in total. The minimum Gasteiger partial charge on any atom is -0.488 e. The average molecular weight is 316 g/mol. The number of pyridine rings is 1. The summed E-state index contributed by atoms with van der Waals surface area (Å²) in [5.74, 6) is 4.01. The molecule has 1 spiro atoms. The number of furan rings is 1. The van der Waals surface area contributed by atoms with Crippen molar-refractivity contribution in [1.82, 2.24) is 9.88 Å². The van der Waals surface area contributed by atoms with Gasteiger partial charge in [-0.05, 0) is 31.2 Å². The number of ether oxygens (including phenoxy) is 1. The minimum absolute atomic E-state index is 0.308. The van der Waals surface area contributed by atoms with E-state index in [0.717, 1.165) is 49.1 Å². The molecule has 2 aromatic heterocycles. The van der Waals surface area contributed by atoms with Gasteiger partial charge in [-0.25, -0.2) is 0 Å². The highest BCUT2D eigenvalue weighted by Gasteiger charge is 2.49. The van der Waals surface area contributed by atoms with Gasteiger partial charge in [0.05, 0.1) is 12.7 Å². The predicted molar refractivity (Wildman–Crippen MR) is 87.2 cm³/mol. The number of rotatable bonds is 4. The Morgan fingerprint density at radius 1 is 1.41 bits per heavy atom. The topological polar surface area (TPSA) is 38.5 Å². The molecule has 0 unspecified atom stereocenters. The lowest BCUT2D eigenvalue weighted by Gasteiger charge is -2.47. The maximum atomic E-state index is 6.04. The van der Waals surface area contributed by atoms with Crippen LogP contribution in [0.5, 0.6) is 5.75 Å². The molecule has 22 heavy (non-hydrogen) atoms. The number of hydrogen-bond acceptors (Lipinski definition) is 5. The van der Waals surface area contributed by atoms with Gasteiger partial charge in [0.25, 0.3) is 0 Å². The van der Waals surface area contributed by atoms with Gasteiger partial charge in [0.1, 0.15) is 23.4 Å². The summed E-state index contributed by atoms with van der Waals surface area (Å²) in [5.41, 5.74) is 0. The largest absolute Gasteiger partial charge is 0.488 e. The van der Waals surface area contributed by atoms with Crippen LogP contribution >= 0.6 is 11.8 Å². The molecule has 0 amide bonds. The van der Waals surface area contributed by atoms with E-state index in [1.54, 1.807) is 12.4 Å². The lowest BCUT2D eigenvalue weighted by atomic mass is 9.93. The standard InChI is InChI=1S/C17H20N2O2S/c1-13-4-5-15(20-13)9-19-11-17(12-19)7-16(10-22-17)21-14-3-2-6-18-8-14/h2-6,8,16H,7,9-12H2,1H3/t16-/m1/s1. The van der Waals surface area contributed by atoms with E-state index >= 15 is 0 Å². The van der Waals surface area contributed by atoms with Crippen molar-refractivity contribution < 1.29 is 9.15 Å². The molecule has 0 radical (unpaired) electrons. The van der Waals surface area contributed by atoms with Crippen LogP contribution in [0.1, 0.15) is 17.9 Å². The quantitative estimate of drug-likeness (QED) is 0.866. The summed E-state index contributed by atoms with van der Waals surface area (Å²) in [7, 11) is 0. The van der Waals surface area contributed by atoms with Gasteiger partial charge in [-0.3, -0.25) is 9.88 Å². The van der Waals surface area contributed by atoms with Crippen LogP contribution in [0.15, 0.2) is 41.1 Å². The molecule has 2 saturated heterocycles. The molecule has 1 atom stereocenters. The van der Waals surface area contributed by atoms with Crippen molar-refractivity contribution in [3.8, 4) is 5.75 Å². The van der Waals surface area contributed by atoms with Gasteiger partial charge in [0.15, 0.2) is 0 Å². The number of likely N-dealkylation sites (tertiary alicyclic amines) is 1. The second kappa shape index (κ2) is 5.63. The van der Waals surface area contributed by atoms with Crippen LogP contribution in [-0.2, 0) is 6.54 Å². The predicted octanol–water partition coefficient (Wildman–Crippen LogP) is 3.12. The molecule has 4 heterocycles. The fourth-order valence-corrected chi connectivity index (χ4v) is 4.96. The van der Waals surface area contributed by atoms with E-state index in [0.29, 0.717) is 10.9 Å². The minimum atomic E-state index is 0.308. The first-order valence-corrected chi connectivity index (χ1v) is 8.68. The van der Waals surface area contributed by atoms with E-state index in [-0.39, 0.29) is 0 Å². The molecule has 0 saturated carbocycles. The van der Waals surface area contributed by atoms with Crippen molar-refractivity contribution in [2.24, 2.45) is 0 Å². The van der Waals surface area contributed by atoms with Crippen molar-refractivity contribution in [2.75, 3.05) is 18.8 Å². The highest BCUT2D eigenvalue weighted by atomic mass is 32.2. The molecule has 0 bridgehead atoms. The van der Waals surface area contributed by atoms with Crippen molar-refractivity contribution in [3.63, 3.8) is 0 Å². The van der Waals surface area contributed by atoms with E-state index in [2.05, 4.69) is 27.7 Å². The summed E-state index contributed by atoms with van der Waals surface area (Å²) in [4.78, 5) is 6.56. The molecule has 4 nitrogen and oxygen atoms in total. The molecule has 0 aromatic carbocycles. The van der Waals surface area contributed by atoms with Crippen LogP contribution in [0.4, 0.5) is 0 Å². The first kappa shape index (κ1) is 14.2. The maximum absolute atomic E-state index is 6.04. The van der Waals surface area contributed by atoms with Crippen molar-refractivity contribution in [2.45, 2.75) is 30.7 Å². The summed E-state index contributed by atoms with van der Waals surface area (Å²) in [5, 5.41) is 0. The Labute approximate surface area is 134 Å². The van der Waals surface area contributed by atoms with Gasteiger partial charge < -0.3 is 9.15 Å². The van der Waals surface area contributed by atoms with E-state index in [1.807, 2.05) is 25.1 Å². The fourth-order valence-electron chi connectivity index (χ4n) is 3.38. The smallest absolute Gasteiger partial charge is 0.138 e. The lowest BCUT2D eigenvalue weighted by Crippen LogP contribution is -2.58. The third-order valence-electron chi connectivity index (χ3n) is 4.31. The highest BCUT2D eigenvalue weighted by Crippen LogP contribution is 2.46. The molecule has 116 valence electrons. The summed E-state index contributed by atoms with van der Waals surface area (Å²) < 4.78 is 12.1. The second-order valence-corrected chi connectivity index (χ2v) is 7.77. The Morgan fingerprint density at radius 3 is 3.05 bits per heavy atom. The van der Waals surface area contributed by atoms with Crippen LogP contribution in [0.3, 0.4) is 0 Å². The normalized spacial score (nSPS) is 23.6. The Hall–Kier alpha value is -1.46. The molecule has 4 rings (SSSR count). The summed E-state index contributed by atoms with van der Waals surface area (Å²) in [6.45, 7) is 5.17. The van der Waals surface area contributed by atoms with Crippen LogP contribution < -0.4 is 4.74 Å². The third kappa shape index (κ3) is 2.88. The molecular formula is C17H20N2O2S. The Kier molecular flexibility index (Phi) is 3.62. The van der Waals surface area contributed by atoms with Crippen molar-refractivity contribution >= 4 is 11.8 Å². The SMILES string of the molecule is Cc1ccc(CN2CC3(C[C@@H](Oc4cccnc4)CS3)C2)o1. The molecule has 0 aliphatic carbocycles. The zero-order valence-electron chi connectivity index (χ0n) is 12.7. The Balaban J connectivity index is 1.29. The van der Waals surface area contributed by atoms with Crippen LogP contribution in [-0.4, -0.2) is 39.6 Å². The zero-order chi connectivity index (χ0) is 15.0. The summed E-state index contributed by atoms with van der Waals surface area (Å²) in [6, 6.07) is 8.02. The number of thioether (sulfide) groups is 1. The van der Waals surface area contributed by atoms with Gasteiger partial charge in [-0.15, -0.1) is 11.8 Å². The zero-order valence-corrected chi connectivity index (χ0v) is 13.5. The van der Waals surface area contributed by atoms with Crippen LogP contribution in [0, 0.1) is 6.92 Å². The van der Waals surface area contributed by atoms with Gasteiger partial charge in [-0.1, -0.05) is 0 Å². The Bertz CT molecular complexity index is 637. The maximum Gasteiger partial charge on any atom is 0.138 e. The highest BCUT2D eigenvalue weighted by molar-refractivity contribution is 8.01. The van der Waals surface area contributed by atoms with E-state index in [4.69, 9.17) is 9.15 Å². The summed E-state index contributed by atoms with van der Waals surface area (Å²) >= 11 is 2.06. The fraction of sp³-hybridized carbons (Fsp3) is 0.471. The number of nitrogens with zero attached hydrogens (tertiary/aromatic N) is 2. The Morgan fingerprint density at radius 2 is 2.32 bits per heavy atom. The van der Waals surface area contributed by atoms with E-state index in [1.165, 1.54) is 0 Å². The number of aromatic nitrogens is 1. The molecular weight excluding hydrogens is 296 g/mol. The average Bonchev–Trinajstić information content (AvgIpc) is 3.07.